The number of anilines is 2. The van der Waals surface area contributed by atoms with Crippen molar-refractivity contribution in [3.05, 3.63) is 66.1 Å². The fourth-order valence-electron chi connectivity index (χ4n) is 4.16. The number of carbonyl (C=O) groups excluding carboxylic acids is 2. The molecule has 4 rings (SSSR count). The molecule has 1 saturated heterocycles. The zero-order chi connectivity index (χ0) is 27.2. The van der Waals surface area contributed by atoms with Crippen LogP contribution in [0.25, 0.3) is 11.3 Å². The molecule has 1 atom stereocenters. The van der Waals surface area contributed by atoms with E-state index in [1.54, 1.807) is 19.1 Å². The fourth-order valence-corrected chi connectivity index (χ4v) is 4.16. The van der Waals surface area contributed by atoms with E-state index in [1.165, 1.54) is 12.0 Å². The van der Waals surface area contributed by atoms with Crippen molar-refractivity contribution in [2.24, 2.45) is 0 Å². The van der Waals surface area contributed by atoms with Gasteiger partial charge in [-0.25, -0.2) is 4.98 Å². The Morgan fingerprint density at radius 3 is 2.54 bits per heavy atom. The summed E-state index contributed by atoms with van der Waals surface area (Å²) >= 11 is 0. The molecule has 2 aromatic carbocycles. The molecule has 8 heteroatoms. The van der Waals surface area contributed by atoms with Gasteiger partial charge in [0.1, 0.15) is 5.82 Å². The minimum Gasteiger partial charge on any atom is -0.388 e. The van der Waals surface area contributed by atoms with Crippen molar-refractivity contribution < 1.29 is 14.3 Å². The lowest BCUT2D eigenvalue weighted by Gasteiger charge is -2.23. The largest absolute Gasteiger partial charge is 0.388 e. The van der Waals surface area contributed by atoms with Gasteiger partial charge in [0, 0.05) is 44.8 Å². The fraction of sp³-hybridized carbons (Fsp3) is 0.414. The van der Waals surface area contributed by atoms with Crippen LogP contribution >= 0.6 is 0 Å². The van der Waals surface area contributed by atoms with Crippen LogP contribution in [-0.2, 0) is 14.3 Å². The molecule has 0 saturated carbocycles. The number of amides is 2. The van der Waals surface area contributed by atoms with Gasteiger partial charge in [-0.1, -0.05) is 50.6 Å². The van der Waals surface area contributed by atoms with Crippen LogP contribution in [-0.4, -0.2) is 61.5 Å². The van der Waals surface area contributed by atoms with Crippen molar-refractivity contribution in [3.8, 4) is 11.3 Å². The molecule has 2 amide bonds. The summed E-state index contributed by atoms with van der Waals surface area (Å²) in [7, 11) is 5.31. The zero-order valence-electron chi connectivity index (χ0n) is 23.0. The number of likely N-dealkylation sites (tertiary alicyclic amines) is 1. The molecule has 1 aliphatic rings. The summed E-state index contributed by atoms with van der Waals surface area (Å²) in [5, 5.41) is 2.46. The van der Waals surface area contributed by atoms with Crippen LogP contribution in [0, 0.1) is 6.92 Å². The molecular weight excluding hydrogens is 466 g/mol. The second kappa shape index (κ2) is 15.5. The van der Waals surface area contributed by atoms with E-state index in [9.17, 15) is 9.59 Å². The normalized spacial score (nSPS) is 14.1. The van der Waals surface area contributed by atoms with Crippen LogP contribution in [0.2, 0.25) is 0 Å². The molecule has 8 nitrogen and oxygen atoms in total. The van der Waals surface area contributed by atoms with Crippen molar-refractivity contribution in [1.82, 2.24) is 20.2 Å². The molecule has 37 heavy (non-hydrogen) atoms. The maximum atomic E-state index is 12.4. The third kappa shape index (κ3) is 8.18. The Bertz CT molecular complexity index is 1100. The van der Waals surface area contributed by atoms with E-state index in [2.05, 4.69) is 83.1 Å². The molecule has 200 valence electrons. The van der Waals surface area contributed by atoms with Crippen LogP contribution in [0.5, 0.6) is 0 Å². The van der Waals surface area contributed by atoms with Crippen LogP contribution in [0.15, 0.2) is 54.7 Å². The summed E-state index contributed by atoms with van der Waals surface area (Å²) in [5.41, 5.74) is 5.39. The highest BCUT2D eigenvalue weighted by molar-refractivity contribution is 5.80. The monoisotopic (exact) mass is 507 g/mol. The van der Waals surface area contributed by atoms with E-state index in [0.717, 1.165) is 41.3 Å². The summed E-state index contributed by atoms with van der Waals surface area (Å²) in [6.45, 7) is 7.05. The Hall–Kier alpha value is -3.65. The van der Waals surface area contributed by atoms with Crippen molar-refractivity contribution >= 4 is 23.7 Å². The average Bonchev–Trinajstić information content (AvgIpc) is 3.59. The predicted molar refractivity (Wildman–Crippen MR) is 150 cm³/mol. The molecule has 2 heterocycles. The summed E-state index contributed by atoms with van der Waals surface area (Å²) in [4.78, 5) is 34.9. The summed E-state index contributed by atoms with van der Waals surface area (Å²) in [6.07, 6.45) is 5.41. The SMILES string of the molecule is CCC.COC.Cc1ccc(-c2cnc([C@@H]3CCCN3C(=O)CNC=O)[nH]2)cc1N(C)c1ccccc1. The Morgan fingerprint density at radius 2 is 1.89 bits per heavy atom. The highest BCUT2D eigenvalue weighted by Crippen LogP contribution is 2.34. The number of hydrogen-bond acceptors (Lipinski definition) is 5. The first-order valence-corrected chi connectivity index (χ1v) is 12.7. The molecule has 1 aliphatic heterocycles. The third-order valence-electron chi connectivity index (χ3n) is 5.85. The van der Waals surface area contributed by atoms with E-state index in [4.69, 9.17) is 0 Å². The van der Waals surface area contributed by atoms with E-state index >= 15 is 0 Å². The van der Waals surface area contributed by atoms with Gasteiger partial charge < -0.3 is 24.8 Å². The van der Waals surface area contributed by atoms with Gasteiger partial charge in [0.25, 0.3) is 0 Å². The molecule has 1 aromatic heterocycles. The van der Waals surface area contributed by atoms with Gasteiger partial charge in [-0.3, -0.25) is 9.59 Å². The molecule has 0 radical (unpaired) electrons. The molecular formula is C29H41N5O3. The van der Waals surface area contributed by atoms with Crippen LogP contribution in [0.1, 0.15) is 50.5 Å². The molecule has 0 bridgehead atoms. The molecule has 0 spiro atoms. The van der Waals surface area contributed by atoms with Crippen molar-refractivity contribution in [1.29, 1.82) is 0 Å². The van der Waals surface area contributed by atoms with Gasteiger partial charge in [0.2, 0.25) is 12.3 Å². The minimum atomic E-state index is -0.0911. The van der Waals surface area contributed by atoms with E-state index in [1.807, 2.05) is 24.4 Å². The quantitative estimate of drug-likeness (QED) is 0.427. The first-order chi connectivity index (χ1) is 17.9. The number of aromatic amines is 1. The summed E-state index contributed by atoms with van der Waals surface area (Å²) < 4.78 is 4.25. The number of nitrogens with zero attached hydrogens (tertiary/aromatic N) is 3. The smallest absolute Gasteiger partial charge is 0.242 e. The number of aryl methyl sites for hydroxylation is 1. The number of aromatic nitrogens is 2. The van der Waals surface area contributed by atoms with E-state index in [0.29, 0.717) is 13.0 Å². The summed E-state index contributed by atoms with van der Waals surface area (Å²) in [5.74, 6) is 0.695. The van der Waals surface area contributed by atoms with Crippen LogP contribution < -0.4 is 10.2 Å². The number of ether oxygens (including phenoxy) is 1. The number of methoxy groups -OCH3 is 1. The van der Waals surface area contributed by atoms with Crippen LogP contribution in [0.4, 0.5) is 11.4 Å². The highest BCUT2D eigenvalue weighted by Gasteiger charge is 2.31. The van der Waals surface area contributed by atoms with Crippen molar-refractivity contribution in [3.63, 3.8) is 0 Å². The second-order valence-electron chi connectivity index (χ2n) is 8.94. The van der Waals surface area contributed by atoms with Gasteiger partial charge in [-0.15, -0.1) is 0 Å². The number of benzene rings is 2. The Labute approximate surface area is 221 Å². The molecule has 0 aliphatic carbocycles. The van der Waals surface area contributed by atoms with Crippen LogP contribution in [0.3, 0.4) is 0 Å². The first kappa shape index (κ1) is 29.6. The maximum Gasteiger partial charge on any atom is 0.242 e. The Kier molecular flexibility index (Phi) is 12.4. The van der Waals surface area contributed by atoms with Gasteiger partial charge >= 0.3 is 0 Å². The van der Waals surface area contributed by atoms with Crippen molar-refractivity contribution in [2.45, 2.75) is 46.1 Å². The van der Waals surface area contributed by atoms with Gasteiger partial charge in [0.15, 0.2) is 0 Å². The molecule has 2 N–H and O–H groups in total. The van der Waals surface area contributed by atoms with E-state index in [-0.39, 0.29) is 18.5 Å². The first-order valence-electron chi connectivity index (χ1n) is 12.7. The average molecular weight is 508 g/mol. The lowest BCUT2D eigenvalue weighted by atomic mass is 10.1. The minimum absolute atomic E-state index is 0.0146. The van der Waals surface area contributed by atoms with E-state index < -0.39 is 0 Å². The molecule has 1 fully saturated rings. The number of para-hydroxylation sites is 1. The second-order valence-corrected chi connectivity index (χ2v) is 8.94. The number of hydrogen-bond donors (Lipinski definition) is 2. The number of H-pyrrole nitrogens is 1. The standard InChI is InChI=1S/C24H27N5O2.C3H8.C2H6O/c1-17-10-11-18(13-22(17)28(2)19-7-4-3-5-8-19)20-14-26-24(27-20)21-9-6-12-29(21)23(31)15-25-16-30;2*1-3-2/h3-5,7-8,10-11,13-14,16,21H,6,9,12,15H2,1-2H3,(H,25,30)(H,26,27);3H2,1-2H3;1-2H3/t21-;;/m0../s1. The lowest BCUT2D eigenvalue weighted by Crippen LogP contribution is -2.37. The lowest BCUT2D eigenvalue weighted by molar-refractivity contribution is -0.132. The predicted octanol–water partition coefficient (Wildman–Crippen LogP) is 5.24. The third-order valence-corrected chi connectivity index (χ3v) is 5.85. The highest BCUT2D eigenvalue weighted by atomic mass is 16.4. The summed E-state index contributed by atoms with van der Waals surface area (Å²) in [6, 6.07) is 16.5. The molecule has 3 aromatic rings. The van der Waals surface area contributed by atoms with Crippen molar-refractivity contribution in [2.75, 3.05) is 39.3 Å². The topological polar surface area (TPSA) is 90.6 Å². The maximum absolute atomic E-state index is 12.4. The Balaban J connectivity index is 0.000000733. The van der Waals surface area contributed by atoms with Gasteiger partial charge in [0.05, 0.1) is 24.5 Å². The number of carbonyl (C=O) groups is 2. The molecule has 0 unspecified atom stereocenters. The van der Waals surface area contributed by atoms with Gasteiger partial charge in [-0.05, 0) is 43.5 Å². The van der Waals surface area contributed by atoms with Gasteiger partial charge in [-0.2, -0.15) is 0 Å². The zero-order valence-corrected chi connectivity index (χ0v) is 23.0. The number of imidazole rings is 1. The number of rotatable bonds is 7. The Morgan fingerprint density at radius 1 is 1.22 bits per heavy atom. The number of nitrogens with one attached hydrogen (secondary N) is 2.